The maximum atomic E-state index is 10.9. The third kappa shape index (κ3) is 4.54. The number of ether oxygens (including phenoxy) is 1. The Morgan fingerprint density at radius 2 is 2.21 bits per heavy atom. The summed E-state index contributed by atoms with van der Waals surface area (Å²) in [7, 11) is 0. The molecule has 1 aromatic carbocycles. The van der Waals surface area contributed by atoms with Gasteiger partial charge in [0, 0.05) is 32.3 Å². The average molecular weight is 264 g/mol. The van der Waals surface area contributed by atoms with Gasteiger partial charge >= 0.3 is 6.09 Å². The van der Waals surface area contributed by atoms with Crippen LogP contribution < -0.4 is 5.32 Å². The van der Waals surface area contributed by atoms with Crippen molar-refractivity contribution < 1.29 is 14.6 Å². The minimum atomic E-state index is -0.836. The Morgan fingerprint density at radius 3 is 2.95 bits per heavy atom. The van der Waals surface area contributed by atoms with E-state index in [1.54, 1.807) is 0 Å². The lowest BCUT2D eigenvalue weighted by atomic mass is 10.1. The zero-order chi connectivity index (χ0) is 13.5. The second-order valence-corrected chi connectivity index (χ2v) is 4.71. The summed E-state index contributed by atoms with van der Waals surface area (Å²) in [5.41, 5.74) is 1.16. The minimum Gasteiger partial charge on any atom is -0.465 e. The van der Waals surface area contributed by atoms with Crippen molar-refractivity contribution in [2.45, 2.75) is 19.1 Å². The van der Waals surface area contributed by atoms with Gasteiger partial charge in [-0.1, -0.05) is 30.3 Å². The van der Waals surface area contributed by atoms with Crippen LogP contribution in [0.1, 0.15) is 12.0 Å². The molecule has 19 heavy (non-hydrogen) atoms. The maximum Gasteiger partial charge on any atom is 0.407 e. The van der Waals surface area contributed by atoms with Gasteiger partial charge in [0.15, 0.2) is 0 Å². The van der Waals surface area contributed by atoms with E-state index in [2.05, 4.69) is 5.32 Å². The van der Waals surface area contributed by atoms with Crippen LogP contribution in [-0.2, 0) is 11.3 Å². The van der Waals surface area contributed by atoms with Crippen LogP contribution in [0.15, 0.2) is 30.3 Å². The summed E-state index contributed by atoms with van der Waals surface area (Å²) in [6, 6.07) is 10.2. The van der Waals surface area contributed by atoms with Gasteiger partial charge in [0.2, 0.25) is 0 Å². The first kappa shape index (κ1) is 13.8. The highest BCUT2D eigenvalue weighted by atomic mass is 16.5. The van der Waals surface area contributed by atoms with Crippen molar-refractivity contribution in [2.24, 2.45) is 0 Å². The van der Waals surface area contributed by atoms with Gasteiger partial charge in [-0.2, -0.15) is 0 Å². The van der Waals surface area contributed by atoms with Gasteiger partial charge in [-0.3, -0.25) is 0 Å². The Hall–Kier alpha value is -1.59. The SMILES string of the molecule is O=C(O)N1CCNC(CCOCc2ccccc2)C1. The number of carboxylic acid groups (broad SMARTS) is 1. The van der Waals surface area contributed by atoms with Gasteiger partial charge in [-0.15, -0.1) is 0 Å². The Balaban J connectivity index is 1.64. The van der Waals surface area contributed by atoms with E-state index in [0.717, 1.165) is 18.5 Å². The van der Waals surface area contributed by atoms with E-state index in [1.807, 2.05) is 30.3 Å². The summed E-state index contributed by atoms with van der Waals surface area (Å²) >= 11 is 0. The predicted molar refractivity (Wildman–Crippen MR) is 72.1 cm³/mol. The molecule has 1 fully saturated rings. The van der Waals surface area contributed by atoms with E-state index in [1.165, 1.54) is 4.90 Å². The van der Waals surface area contributed by atoms with E-state index in [4.69, 9.17) is 9.84 Å². The summed E-state index contributed by atoms with van der Waals surface area (Å²) in [5, 5.41) is 12.3. The van der Waals surface area contributed by atoms with Gasteiger partial charge in [-0.05, 0) is 12.0 Å². The van der Waals surface area contributed by atoms with Crippen molar-refractivity contribution in [2.75, 3.05) is 26.2 Å². The Bertz CT molecular complexity index is 397. The highest BCUT2D eigenvalue weighted by Crippen LogP contribution is 2.05. The highest BCUT2D eigenvalue weighted by molar-refractivity contribution is 5.65. The molecule has 1 aliphatic rings. The fourth-order valence-electron chi connectivity index (χ4n) is 2.18. The summed E-state index contributed by atoms with van der Waals surface area (Å²) in [6.07, 6.45) is -0.00641. The summed E-state index contributed by atoms with van der Waals surface area (Å²) in [5.74, 6) is 0. The first-order valence-corrected chi connectivity index (χ1v) is 6.58. The minimum absolute atomic E-state index is 0.195. The molecule has 0 bridgehead atoms. The van der Waals surface area contributed by atoms with Crippen LogP contribution in [0.4, 0.5) is 4.79 Å². The molecular weight excluding hydrogens is 244 g/mol. The molecular formula is C14H20N2O3. The van der Waals surface area contributed by atoms with Crippen LogP contribution in [0.3, 0.4) is 0 Å². The van der Waals surface area contributed by atoms with Gasteiger partial charge in [0.25, 0.3) is 0 Å². The number of nitrogens with one attached hydrogen (secondary N) is 1. The molecule has 0 aliphatic carbocycles. The predicted octanol–water partition coefficient (Wildman–Crippen LogP) is 1.55. The summed E-state index contributed by atoms with van der Waals surface area (Å²) < 4.78 is 5.61. The van der Waals surface area contributed by atoms with Crippen molar-refractivity contribution in [1.29, 1.82) is 0 Å². The van der Waals surface area contributed by atoms with E-state index >= 15 is 0 Å². The second kappa shape index (κ2) is 7.11. The molecule has 5 heteroatoms. The van der Waals surface area contributed by atoms with Crippen molar-refractivity contribution in [3.8, 4) is 0 Å². The largest absolute Gasteiger partial charge is 0.465 e. The molecule has 0 saturated carbocycles. The van der Waals surface area contributed by atoms with E-state index in [-0.39, 0.29) is 6.04 Å². The monoisotopic (exact) mass is 264 g/mol. The van der Waals surface area contributed by atoms with Gasteiger partial charge in [0.1, 0.15) is 0 Å². The number of benzene rings is 1. The van der Waals surface area contributed by atoms with Crippen LogP contribution in [-0.4, -0.2) is 48.4 Å². The average Bonchev–Trinajstić information content (AvgIpc) is 2.45. The molecule has 1 saturated heterocycles. The van der Waals surface area contributed by atoms with Crippen LogP contribution in [0.5, 0.6) is 0 Å². The third-order valence-corrected chi connectivity index (χ3v) is 3.25. The number of hydrogen-bond donors (Lipinski definition) is 2. The molecule has 1 aliphatic heterocycles. The molecule has 5 nitrogen and oxygen atoms in total. The molecule has 1 amide bonds. The molecule has 0 spiro atoms. The lowest BCUT2D eigenvalue weighted by Gasteiger charge is -2.31. The van der Waals surface area contributed by atoms with Crippen LogP contribution in [0.25, 0.3) is 0 Å². The van der Waals surface area contributed by atoms with Crippen molar-refractivity contribution >= 4 is 6.09 Å². The number of piperazine rings is 1. The summed E-state index contributed by atoms with van der Waals surface area (Å²) in [6.45, 7) is 3.08. The van der Waals surface area contributed by atoms with Crippen molar-refractivity contribution in [1.82, 2.24) is 10.2 Å². The fraction of sp³-hybridized carbons (Fsp3) is 0.500. The van der Waals surface area contributed by atoms with Crippen LogP contribution >= 0.6 is 0 Å². The third-order valence-electron chi connectivity index (χ3n) is 3.25. The zero-order valence-corrected chi connectivity index (χ0v) is 10.9. The molecule has 2 N–H and O–H groups in total. The molecule has 1 heterocycles. The lowest BCUT2D eigenvalue weighted by Crippen LogP contribution is -2.52. The van der Waals surface area contributed by atoms with Crippen molar-refractivity contribution in [3.05, 3.63) is 35.9 Å². The molecule has 0 aromatic heterocycles. The quantitative estimate of drug-likeness (QED) is 0.792. The molecule has 2 rings (SSSR count). The highest BCUT2D eigenvalue weighted by Gasteiger charge is 2.22. The first-order valence-electron chi connectivity index (χ1n) is 6.58. The first-order chi connectivity index (χ1) is 9.25. The van der Waals surface area contributed by atoms with Gasteiger partial charge < -0.3 is 20.1 Å². The maximum absolute atomic E-state index is 10.9. The molecule has 1 unspecified atom stereocenters. The molecule has 104 valence electrons. The van der Waals surface area contributed by atoms with Crippen molar-refractivity contribution in [3.63, 3.8) is 0 Å². The number of hydrogen-bond acceptors (Lipinski definition) is 3. The number of carbonyl (C=O) groups is 1. The number of nitrogens with zero attached hydrogens (tertiary/aromatic N) is 1. The fourth-order valence-corrected chi connectivity index (χ4v) is 2.18. The van der Waals surface area contributed by atoms with Crippen LogP contribution in [0, 0.1) is 0 Å². The van der Waals surface area contributed by atoms with Crippen LogP contribution in [0.2, 0.25) is 0 Å². The van der Waals surface area contributed by atoms with Gasteiger partial charge in [0.05, 0.1) is 6.61 Å². The normalized spacial score (nSPS) is 19.4. The Kier molecular flexibility index (Phi) is 5.18. The Labute approximate surface area is 113 Å². The number of amides is 1. The smallest absolute Gasteiger partial charge is 0.407 e. The Morgan fingerprint density at radius 1 is 1.42 bits per heavy atom. The lowest BCUT2D eigenvalue weighted by molar-refractivity contribution is 0.0937. The second-order valence-electron chi connectivity index (χ2n) is 4.71. The van der Waals surface area contributed by atoms with E-state index < -0.39 is 6.09 Å². The molecule has 0 radical (unpaired) electrons. The molecule has 1 aromatic rings. The summed E-state index contributed by atoms with van der Waals surface area (Å²) in [4.78, 5) is 12.3. The van der Waals surface area contributed by atoms with E-state index in [0.29, 0.717) is 26.3 Å². The topological polar surface area (TPSA) is 61.8 Å². The van der Waals surface area contributed by atoms with Gasteiger partial charge in [-0.25, -0.2) is 4.79 Å². The zero-order valence-electron chi connectivity index (χ0n) is 10.9. The number of rotatable bonds is 5. The standard InChI is InChI=1S/C14H20N2O3/c17-14(18)16-8-7-15-13(10-16)6-9-19-11-12-4-2-1-3-5-12/h1-5,13,15H,6-11H2,(H,17,18). The molecule has 1 atom stereocenters. The van der Waals surface area contributed by atoms with E-state index in [9.17, 15) is 4.79 Å².